The second-order valence-corrected chi connectivity index (χ2v) is 7.28. The molecule has 3 rings (SSSR count). The van der Waals surface area contributed by atoms with Crippen molar-refractivity contribution in [2.75, 3.05) is 6.54 Å². The third kappa shape index (κ3) is 4.85. The van der Waals surface area contributed by atoms with E-state index in [9.17, 15) is 9.90 Å². The van der Waals surface area contributed by atoms with Crippen molar-refractivity contribution in [1.29, 1.82) is 0 Å². The van der Waals surface area contributed by atoms with E-state index in [0.29, 0.717) is 19.6 Å². The molecule has 2 aromatic carbocycles. The fourth-order valence-electron chi connectivity index (χ4n) is 3.79. The predicted molar refractivity (Wildman–Crippen MR) is 104 cm³/mol. The molecule has 0 aliphatic heterocycles. The van der Waals surface area contributed by atoms with Crippen LogP contribution in [-0.2, 0) is 17.9 Å². The van der Waals surface area contributed by atoms with Crippen molar-refractivity contribution in [2.45, 2.75) is 45.2 Å². The SMILES string of the molecule is O=C(NCc1ccccc1)C1(CNCc2cccc(O)c2)CCCCC1. The van der Waals surface area contributed by atoms with Crippen LogP contribution in [0, 0.1) is 5.41 Å². The molecular formula is C22H28N2O2. The Labute approximate surface area is 155 Å². The van der Waals surface area contributed by atoms with E-state index >= 15 is 0 Å². The van der Waals surface area contributed by atoms with Crippen LogP contribution in [0.5, 0.6) is 5.75 Å². The van der Waals surface area contributed by atoms with E-state index in [4.69, 9.17) is 0 Å². The molecule has 0 heterocycles. The van der Waals surface area contributed by atoms with Crippen molar-refractivity contribution in [3.8, 4) is 5.75 Å². The van der Waals surface area contributed by atoms with Gasteiger partial charge < -0.3 is 15.7 Å². The Bertz CT molecular complexity index is 709. The number of rotatable bonds is 7. The van der Waals surface area contributed by atoms with Crippen molar-refractivity contribution in [3.63, 3.8) is 0 Å². The van der Waals surface area contributed by atoms with Gasteiger partial charge in [-0.15, -0.1) is 0 Å². The molecule has 0 aromatic heterocycles. The average Bonchev–Trinajstić information content (AvgIpc) is 2.68. The molecular weight excluding hydrogens is 324 g/mol. The van der Waals surface area contributed by atoms with Crippen molar-refractivity contribution < 1.29 is 9.90 Å². The summed E-state index contributed by atoms with van der Waals surface area (Å²) in [6.07, 6.45) is 5.28. The second kappa shape index (κ2) is 8.86. The fourth-order valence-corrected chi connectivity index (χ4v) is 3.79. The first kappa shape index (κ1) is 18.5. The Hall–Kier alpha value is -2.33. The lowest BCUT2D eigenvalue weighted by atomic mass is 9.73. The number of aromatic hydroxyl groups is 1. The first-order valence-corrected chi connectivity index (χ1v) is 9.49. The summed E-state index contributed by atoms with van der Waals surface area (Å²) < 4.78 is 0. The van der Waals surface area contributed by atoms with Crippen LogP contribution in [0.25, 0.3) is 0 Å². The molecule has 1 saturated carbocycles. The normalized spacial score (nSPS) is 16.2. The number of benzene rings is 2. The number of hydrogen-bond donors (Lipinski definition) is 3. The van der Waals surface area contributed by atoms with Crippen LogP contribution in [0.1, 0.15) is 43.2 Å². The van der Waals surface area contributed by atoms with Crippen LogP contribution >= 0.6 is 0 Å². The first-order valence-electron chi connectivity index (χ1n) is 9.49. The lowest BCUT2D eigenvalue weighted by Gasteiger charge is -2.36. The van der Waals surface area contributed by atoms with Crippen molar-refractivity contribution >= 4 is 5.91 Å². The minimum absolute atomic E-state index is 0.157. The molecule has 0 unspecified atom stereocenters. The molecule has 0 radical (unpaired) electrons. The largest absolute Gasteiger partial charge is 0.508 e. The Morgan fingerprint density at radius 3 is 2.38 bits per heavy atom. The van der Waals surface area contributed by atoms with E-state index in [0.717, 1.165) is 36.8 Å². The minimum atomic E-state index is -0.330. The molecule has 0 bridgehead atoms. The maximum atomic E-state index is 13.0. The Morgan fingerprint density at radius 2 is 1.65 bits per heavy atom. The van der Waals surface area contributed by atoms with Gasteiger partial charge in [-0.1, -0.05) is 61.7 Å². The monoisotopic (exact) mass is 352 g/mol. The quantitative estimate of drug-likeness (QED) is 0.711. The molecule has 4 nitrogen and oxygen atoms in total. The maximum Gasteiger partial charge on any atom is 0.227 e. The Morgan fingerprint density at radius 1 is 0.923 bits per heavy atom. The molecule has 1 fully saturated rings. The van der Waals surface area contributed by atoms with Gasteiger partial charge in [-0.2, -0.15) is 0 Å². The van der Waals surface area contributed by atoms with Gasteiger partial charge in [0.25, 0.3) is 0 Å². The van der Waals surface area contributed by atoms with Gasteiger partial charge in [0.2, 0.25) is 5.91 Å². The number of amides is 1. The average molecular weight is 352 g/mol. The zero-order valence-electron chi connectivity index (χ0n) is 15.2. The zero-order valence-corrected chi connectivity index (χ0v) is 15.2. The molecule has 1 aliphatic rings. The van der Waals surface area contributed by atoms with Gasteiger partial charge in [-0.05, 0) is 36.1 Å². The first-order chi connectivity index (χ1) is 12.7. The fraction of sp³-hybridized carbons (Fsp3) is 0.409. The minimum Gasteiger partial charge on any atom is -0.508 e. The molecule has 0 spiro atoms. The molecule has 26 heavy (non-hydrogen) atoms. The van der Waals surface area contributed by atoms with E-state index in [-0.39, 0.29) is 17.1 Å². The lowest BCUT2D eigenvalue weighted by molar-refractivity contribution is -0.133. The van der Waals surface area contributed by atoms with Crippen LogP contribution in [0.4, 0.5) is 0 Å². The van der Waals surface area contributed by atoms with Crippen LogP contribution in [-0.4, -0.2) is 17.6 Å². The number of hydrogen-bond acceptors (Lipinski definition) is 3. The molecule has 1 aliphatic carbocycles. The molecule has 1 amide bonds. The standard InChI is InChI=1S/C22H28N2O2/c25-20-11-7-10-19(14-20)15-23-17-22(12-5-2-6-13-22)21(26)24-16-18-8-3-1-4-9-18/h1,3-4,7-11,14,23,25H,2,5-6,12-13,15-17H2,(H,24,26). The van der Waals surface area contributed by atoms with E-state index in [1.165, 1.54) is 6.42 Å². The van der Waals surface area contributed by atoms with E-state index < -0.39 is 0 Å². The highest BCUT2D eigenvalue weighted by Crippen LogP contribution is 2.36. The highest BCUT2D eigenvalue weighted by atomic mass is 16.3. The maximum absolute atomic E-state index is 13.0. The molecule has 138 valence electrons. The van der Waals surface area contributed by atoms with Crippen LogP contribution in [0.2, 0.25) is 0 Å². The summed E-state index contributed by atoms with van der Waals surface area (Å²) in [5.41, 5.74) is 1.82. The summed E-state index contributed by atoms with van der Waals surface area (Å²) in [6, 6.07) is 17.3. The zero-order chi connectivity index (χ0) is 18.2. The number of phenolic OH excluding ortho intramolecular Hbond substituents is 1. The second-order valence-electron chi connectivity index (χ2n) is 7.28. The third-order valence-electron chi connectivity index (χ3n) is 5.29. The summed E-state index contributed by atoms with van der Waals surface area (Å²) in [5.74, 6) is 0.432. The van der Waals surface area contributed by atoms with Crippen LogP contribution < -0.4 is 10.6 Å². The molecule has 3 N–H and O–H groups in total. The smallest absolute Gasteiger partial charge is 0.227 e. The number of nitrogens with one attached hydrogen (secondary N) is 2. The highest BCUT2D eigenvalue weighted by molar-refractivity contribution is 5.83. The van der Waals surface area contributed by atoms with Gasteiger partial charge >= 0.3 is 0 Å². The van der Waals surface area contributed by atoms with Crippen molar-refractivity contribution in [1.82, 2.24) is 10.6 Å². The van der Waals surface area contributed by atoms with Gasteiger partial charge in [0.1, 0.15) is 5.75 Å². The summed E-state index contributed by atoms with van der Waals surface area (Å²) in [4.78, 5) is 13.0. The summed E-state index contributed by atoms with van der Waals surface area (Å²) in [6.45, 7) is 1.90. The Balaban J connectivity index is 1.59. The van der Waals surface area contributed by atoms with Gasteiger partial charge in [0, 0.05) is 19.6 Å². The lowest BCUT2D eigenvalue weighted by Crippen LogP contribution is -2.48. The van der Waals surface area contributed by atoms with Gasteiger partial charge in [0.15, 0.2) is 0 Å². The summed E-state index contributed by atoms with van der Waals surface area (Å²) in [5, 5.41) is 16.2. The molecule has 0 atom stereocenters. The highest BCUT2D eigenvalue weighted by Gasteiger charge is 2.38. The van der Waals surface area contributed by atoms with Gasteiger partial charge in [-0.3, -0.25) is 4.79 Å². The number of carbonyl (C=O) groups is 1. The third-order valence-corrected chi connectivity index (χ3v) is 5.29. The van der Waals surface area contributed by atoms with Crippen molar-refractivity contribution in [2.24, 2.45) is 5.41 Å². The molecule has 2 aromatic rings. The van der Waals surface area contributed by atoms with E-state index in [1.807, 2.05) is 42.5 Å². The predicted octanol–water partition coefficient (Wildman–Crippen LogP) is 3.75. The molecule has 0 saturated heterocycles. The number of carbonyl (C=O) groups excluding carboxylic acids is 1. The topological polar surface area (TPSA) is 61.4 Å². The molecule has 4 heteroatoms. The number of phenols is 1. The van der Waals surface area contributed by atoms with Crippen LogP contribution in [0.15, 0.2) is 54.6 Å². The van der Waals surface area contributed by atoms with Gasteiger partial charge in [0.05, 0.1) is 5.41 Å². The van der Waals surface area contributed by atoms with Crippen molar-refractivity contribution in [3.05, 3.63) is 65.7 Å². The Kier molecular flexibility index (Phi) is 6.29. The van der Waals surface area contributed by atoms with Crippen LogP contribution in [0.3, 0.4) is 0 Å². The summed E-state index contributed by atoms with van der Waals surface area (Å²) >= 11 is 0. The van der Waals surface area contributed by atoms with E-state index in [2.05, 4.69) is 10.6 Å². The van der Waals surface area contributed by atoms with Gasteiger partial charge in [-0.25, -0.2) is 0 Å². The van der Waals surface area contributed by atoms with E-state index in [1.54, 1.807) is 12.1 Å². The summed E-state index contributed by atoms with van der Waals surface area (Å²) in [7, 11) is 0.